The Bertz CT molecular complexity index is 779. The summed E-state index contributed by atoms with van der Waals surface area (Å²) in [5.41, 5.74) is 2.31. The van der Waals surface area contributed by atoms with Gasteiger partial charge in [-0.15, -0.1) is 0 Å². The van der Waals surface area contributed by atoms with Crippen molar-refractivity contribution in [2.45, 2.75) is 40.2 Å². The van der Waals surface area contributed by atoms with Crippen molar-refractivity contribution in [3.8, 4) is 0 Å². The Morgan fingerprint density at radius 2 is 2.19 bits per heavy atom. The van der Waals surface area contributed by atoms with Crippen LogP contribution in [0.25, 0.3) is 0 Å². The van der Waals surface area contributed by atoms with Crippen LogP contribution in [0.1, 0.15) is 51.9 Å². The van der Waals surface area contributed by atoms with Gasteiger partial charge in [0.2, 0.25) is 0 Å². The van der Waals surface area contributed by atoms with Crippen molar-refractivity contribution >= 4 is 11.9 Å². The number of imidazole rings is 1. The van der Waals surface area contributed by atoms with Crippen LogP contribution in [0.4, 0.5) is 0 Å². The van der Waals surface area contributed by atoms with Crippen molar-refractivity contribution in [3.63, 3.8) is 0 Å². The molecule has 140 valence electrons. The summed E-state index contributed by atoms with van der Waals surface area (Å²) >= 11 is 0. The summed E-state index contributed by atoms with van der Waals surface area (Å²) in [6.45, 7) is 8.00. The van der Waals surface area contributed by atoms with E-state index in [-0.39, 0.29) is 11.9 Å². The molecule has 1 unspecified atom stereocenters. The molecule has 1 amide bonds. The molecule has 3 heterocycles. The van der Waals surface area contributed by atoms with E-state index in [1.165, 1.54) is 0 Å². The number of piperidine rings is 1. The number of aromatic nitrogens is 3. The van der Waals surface area contributed by atoms with E-state index in [2.05, 4.69) is 14.5 Å². The summed E-state index contributed by atoms with van der Waals surface area (Å²) in [6.07, 6.45) is 7.61. The van der Waals surface area contributed by atoms with Crippen molar-refractivity contribution in [1.29, 1.82) is 0 Å². The quantitative estimate of drug-likeness (QED) is 0.833. The SMILES string of the molecule is CCOC(=O)c1c(C)[nH]c(C(=O)N2CCCC(Cn3ccnc3)C2)c1C. The van der Waals surface area contributed by atoms with Gasteiger partial charge in [-0.2, -0.15) is 0 Å². The van der Waals surface area contributed by atoms with Crippen molar-refractivity contribution in [2.24, 2.45) is 5.92 Å². The topological polar surface area (TPSA) is 80.2 Å². The number of aryl methyl sites for hydroxylation is 1. The fraction of sp³-hybridized carbons (Fsp3) is 0.526. The Morgan fingerprint density at radius 1 is 1.38 bits per heavy atom. The van der Waals surface area contributed by atoms with Crippen molar-refractivity contribution in [2.75, 3.05) is 19.7 Å². The summed E-state index contributed by atoms with van der Waals surface area (Å²) in [6, 6.07) is 0. The number of likely N-dealkylation sites (tertiary alicyclic amines) is 1. The highest BCUT2D eigenvalue weighted by Gasteiger charge is 2.29. The number of H-pyrrole nitrogens is 1. The van der Waals surface area contributed by atoms with E-state index in [4.69, 9.17) is 4.74 Å². The molecule has 1 aliphatic heterocycles. The van der Waals surface area contributed by atoms with Crippen LogP contribution < -0.4 is 0 Å². The molecule has 1 saturated heterocycles. The molecule has 0 aromatic carbocycles. The number of nitrogens with one attached hydrogen (secondary N) is 1. The Kier molecular flexibility index (Phi) is 5.44. The molecule has 7 heteroatoms. The molecule has 7 nitrogen and oxygen atoms in total. The Morgan fingerprint density at radius 3 is 2.88 bits per heavy atom. The van der Waals surface area contributed by atoms with Crippen LogP contribution in [0, 0.1) is 19.8 Å². The van der Waals surface area contributed by atoms with Crippen molar-refractivity contribution < 1.29 is 14.3 Å². The molecule has 0 radical (unpaired) electrons. The molecule has 0 aliphatic carbocycles. The Balaban J connectivity index is 1.74. The first-order chi connectivity index (χ1) is 12.5. The fourth-order valence-corrected chi connectivity index (χ4v) is 3.72. The maximum Gasteiger partial charge on any atom is 0.340 e. The van der Waals surface area contributed by atoms with Gasteiger partial charge < -0.3 is 19.2 Å². The second kappa shape index (κ2) is 7.76. The number of carbonyl (C=O) groups is 2. The lowest BCUT2D eigenvalue weighted by Gasteiger charge is -2.32. The molecule has 3 rings (SSSR count). The molecule has 2 aromatic rings. The van der Waals surface area contributed by atoms with Gasteiger partial charge >= 0.3 is 5.97 Å². The number of amides is 1. The Labute approximate surface area is 153 Å². The number of nitrogens with zero attached hydrogens (tertiary/aromatic N) is 3. The lowest BCUT2D eigenvalue weighted by molar-refractivity contribution is 0.0525. The smallest absolute Gasteiger partial charge is 0.340 e. The largest absolute Gasteiger partial charge is 0.462 e. The number of hydrogen-bond donors (Lipinski definition) is 1. The van der Waals surface area contributed by atoms with E-state index in [1.807, 2.05) is 17.4 Å². The summed E-state index contributed by atoms with van der Waals surface area (Å²) < 4.78 is 7.17. The van der Waals surface area contributed by atoms with Crippen molar-refractivity contribution in [1.82, 2.24) is 19.4 Å². The van der Waals surface area contributed by atoms with Crippen LogP contribution >= 0.6 is 0 Å². The van der Waals surface area contributed by atoms with Crippen LogP contribution in [0.3, 0.4) is 0 Å². The zero-order chi connectivity index (χ0) is 18.7. The van der Waals surface area contributed by atoms with Crippen LogP contribution in [-0.2, 0) is 11.3 Å². The first-order valence-corrected chi connectivity index (χ1v) is 9.12. The number of hydrogen-bond acceptors (Lipinski definition) is 4. The standard InChI is InChI=1S/C19H26N4O3/c1-4-26-19(25)16-13(2)17(21-14(16)3)18(24)23-8-5-6-15(11-23)10-22-9-7-20-12-22/h7,9,12,15,21H,4-6,8,10-11H2,1-3H3. The number of aromatic amines is 1. The van der Waals surface area contributed by atoms with Crippen LogP contribution in [-0.4, -0.2) is 51.0 Å². The first-order valence-electron chi connectivity index (χ1n) is 9.12. The first kappa shape index (κ1) is 18.2. The van der Waals surface area contributed by atoms with Gasteiger partial charge in [0.25, 0.3) is 5.91 Å². The minimum Gasteiger partial charge on any atom is -0.462 e. The zero-order valence-corrected chi connectivity index (χ0v) is 15.6. The monoisotopic (exact) mass is 358 g/mol. The molecule has 0 spiro atoms. The minimum atomic E-state index is -0.380. The Hall–Kier alpha value is -2.57. The van der Waals surface area contributed by atoms with Gasteiger partial charge in [-0.3, -0.25) is 4.79 Å². The minimum absolute atomic E-state index is 0.0449. The zero-order valence-electron chi connectivity index (χ0n) is 15.6. The third-order valence-corrected chi connectivity index (χ3v) is 4.97. The second-order valence-corrected chi connectivity index (χ2v) is 6.86. The number of carbonyl (C=O) groups excluding carboxylic acids is 2. The summed E-state index contributed by atoms with van der Waals surface area (Å²) in [5, 5.41) is 0. The molecule has 1 N–H and O–H groups in total. The van der Waals surface area contributed by atoms with Crippen LogP contribution in [0.5, 0.6) is 0 Å². The average Bonchev–Trinajstić information content (AvgIpc) is 3.22. The van der Waals surface area contributed by atoms with E-state index < -0.39 is 0 Å². The lowest BCUT2D eigenvalue weighted by atomic mass is 9.97. The van der Waals surface area contributed by atoms with Gasteiger partial charge in [0.15, 0.2) is 0 Å². The molecule has 0 saturated carbocycles. The van der Waals surface area contributed by atoms with E-state index in [1.54, 1.807) is 27.0 Å². The normalized spacial score (nSPS) is 17.3. The molecule has 2 aromatic heterocycles. The molecular weight excluding hydrogens is 332 g/mol. The molecule has 26 heavy (non-hydrogen) atoms. The molecule has 1 atom stereocenters. The maximum absolute atomic E-state index is 13.0. The highest BCUT2D eigenvalue weighted by Crippen LogP contribution is 2.24. The number of rotatable bonds is 5. The summed E-state index contributed by atoms with van der Waals surface area (Å²) in [4.78, 5) is 34.3. The highest BCUT2D eigenvalue weighted by molar-refractivity contribution is 6.00. The van der Waals surface area contributed by atoms with E-state index >= 15 is 0 Å². The van der Waals surface area contributed by atoms with Gasteiger partial charge in [0.1, 0.15) is 5.69 Å². The van der Waals surface area contributed by atoms with Gasteiger partial charge in [0, 0.05) is 37.7 Å². The predicted molar refractivity (Wildman–Crippen MR) is 97.1 cm³/mol. The predicted octanol–water partition coefficient (Wildman–Crippen LogP) is 2.56. The van der Waals surface area contributed by atoms with Gasteiger partial charge in [0.05, 0.1) is 18.5 Å². The second-order valence-electron chi connectivity index (χ2n) is 6.86. The molecule has 1 aliphatic rings. The van der Waals surface area contributed by atoms with E-state index in [0.717, 1.165) is 25.9 Å². The van der Waals surface area contributed by atoms with E-state index in [0.29, 0.717) is 41.6 Å². The fourth-order valence-electron chi connectivity index (χ4n) is 3.72. The summed E-state index contributed by atoms with van der Waals surface area (Å²) in [7, 11) is 0. The van der Waals surface area contributed by atoms with Gasteiger partial charge in [-0.1, -0.05) is 0 Å². The highest BCUT2D eigenvalue weighted by atomic mass is 16.5. The number of esters is 1. The van der Waals surface area contributed by atoms with Crippen LogP contribution in [0.2, 0.25) is 0 Å². The van der Waals surface area contributed by atoms with E-state index in [9.17, 15) is 9.59 Å². The summed E-state index contributed by atoms with van der Waals surface area (Å²) in [5.74, 6) is -0.0197. The lowest BCUT2D eigenvalue weighted by Crippen LogP contribution is -2.41. The number of ether oxygens (including phenoxy) is 1. The van der Waals surface area contributed by atoms with Crippen LogP contribution in [0.15, 0.2) is 18.7 Å². The molecular formula is C19H26N4O3. The maximum atomic E-state index is 13.0. The van der Waals surface area contributed by atoms with Crippen molar-refractivity contribution in [3.05, 3.63) is 41.2 Å². The molecule has 1 fully saturated rings. The molecule has 0 bridgehead atoms. The third kappa shape index (κ3) is 3.66. The van der Waals surface area contributed by atoms with Gasteiger partial charge in [-0.25, -0.2) is 9.78 Å². The van der Waals surface area contributed by atoms with Gasteiger partial charge in [-0.05, 0) is 45.1 Å². The average molecular weight is 358 g/mol. The third-order valence-electron chi connectivity index (χ3n) is 4.97.